The smallest absolute Gasteiger partial charge is 0.243 e. The normalized spacial score (nSPS) is 13.5. The molecule has 1 atom stereocenters. The van der Waals surface area contributed by atoms with Crippen molar-refractivity contribution >= 4 is 21.6 Å². The van der Waals surface area contributed by atoms with Crippen LogP contribution in [0.5, 0.6) is 0 Å². The lowest BCUT2D eigenvalue weighted by Gasteiger charge is -2.17. The van der Waals surface area contributed by atoms with Gasteiger partial charge in [-0.2, -0.15) is 0 Å². The summed E-state index contributed by atoms with van der Waals surface area (Å²) in [6.07, 6.45) is 0.162. The van der Waals surface area contributed by atoms with Crippen molar-refractivity contribution in [2.45, 2.75) is 17.4 Å². The highest BCUT2D eigenvalue weighted by Crippen LogP contribution is 2.22. The standard InChI is InChI=1S/C11H15ClFNO4S/c1-18-7-8(5-6-15)14-19(16,17)10-4-2-3-9(12)11(10)13/h2-4,8,14-15H,5-7H2,1H3. The van der Waals surface area contributed by atoms with E-state index < -0.39 is 26.8 Å². The molecule has 0 bridgehead atoms. The average molecular weight is 312 g/mol. The molecule has 0 saturated carbocycles. The van der Waals surface area contributed by atoms with Gasteiger partial charge in [-0.05, 0) is 18.6 Å². The molecule has 1 aromatic rings. The van der Waals surface area contributed by atoms with Crippen LogP contribution in [0.4, 0.5) is 4.39 Å². The van der Waals surface area contributed by atoms with Gasteiger partial charge in [0.05, 0.1) is 11.6 Å². The number of sulfonamides is 1. The van der Waals surface area contributed by atoms with E-state index in [1.54, 1.807) is 0 Å². The summed E-state index contributed by atoms with van der Waals surface area (Å²) in [5, 5.41) is 8.57. The molecule has 0 aromatic heterocycles. The molecule has 1 unspecified atom stereocenters. The zero-order chi connectivity index (χ0) is 14.5. The molecule has 0 heterocycles. The maximum absolute atomic E-state index is 13.7. The Bertz CT molecular complexity index is 517. The van der Waals surface area contributed by atoms with Gasteiger partial charge in [0.2, 0.25) is 10.0 Å². The van der Waals surface area contributed by atoms with Crippen molar-refractivity contribution < 1.29 is 22.7 Å². The van der Waals surface area contributed by atoms with Crippen LogP contribution in [0.3, 0.4) is 0 Å². The Labute approximate surface area is 116 Å². The van der Waals surface area contributed by atoms with Crippen molar-refractivity contribution in [2.24, 2.45) is 0 Å². The molecule has 0 spiro atoms. The first-order valence-corrected chi connectivity index (χ1v) is 7.34. The number of ether oxygens (including phenoxy) is 1. The number of methoxy groups -OCH3 is 1. The Balaban J connectivity index is 3.00. The molecule has 5 nitrogen and oxygen atoms in total. The second kappa shape index (κ2) is 7.16. The van der Waals surface area contributed by atoms with Gasteiger partial charge in [-0.3, -0.25) is 0 Å². The molecule has 0 fully saturated rings. The highest BCUT2D eigenvalue weighted by molar-refractivity contribution is 7.89. The van der Waals surface area contributed by atoms with Crippen LogP contribution < -0.4 is 4.72 Å². The highest BCUT2D eigenvalue weighted by atomic mass is 35.5. The molecule has 1 aromatic carbocycles. The molecule has 0 radical (unpaired) electrons. The van der Waals surface area contributed by atoms with Crippen LogP contribution in [-0.4, -0.2) is 39.9 Å². The van der Waals surface area contributed by atoms with Crippen LogP contribution in [0.15, 0.2) is 23.1 Å². The fourth-order valence-corrected chi connectivity index (χ4v) is 3.09. The molecule has 108 valence electrons. The minimum absolute atomic E-state index is 0.0714. The highest BCUT2D eigenvalue weighted by Gasteiger charge is 2.24. The molecule has 0 aliphatic heterocycles. The van der Waals surface area contributed by atoms with Crippen molar-refractivity contribution in [3.8, 4) is 0 Å². The largest absolute Gasteiger partial charge is 0.396 e. The van der Waals surface area contributed by atoms with Crippen LogP contribution in [0, 0.1) is 5.82 Å². The zero-order valence-corrected chi connectivity index (χ0v) is 11.8. The molecule has 19 heavy (non-hydrogen) atoms. The lowest BCUT2D eigenvalue weighted by Crippen LogP contribution is -2.39. The Kier molecular flexibility index (Phi) is 6.15. The number of benzene rings is 1. The molecular weight excluding hydrogens is 297 g/mol. The minimum Gasteiger partial charge on any atom is -0.396 e. The number of nitrogens with one attached hydrogen (secondary N) is 1. The molecular formula is C11H15ClFNO4S. The molecule has 0 aliphatic carbocycles. The van der Waals surface area contributed by atoms with Crippen LogP contribution >= 0.6 is 11.6 Å². The van der Waals surface area contributed by atoms with E-state index >= 15 is 0 Å². The van der Waals surface area contributed by atoms with Gasteiger partial charge in [0, 0.05) is 19.8 Å². The summed E-state index contributed by atoms with van der Waals surface area (Å²) >= 11 is 5.55. The predicted molar refractivity (Wildman–Crippen MR) is 69.1 cm³/mol. The summed E-state index contributed by atoms with van der Waals surface area (Å²) < 4.78 is 44.8. The van der Waals surface area contributed by atoms with E-state index in [2.05, 4.69) is 4.72 Å². The van der Waals surface area contributed by atoms with E-state index in [1.165, 1.54) is 19.2 Å². The third-order valence-corrected chi connectivity index (χ3v) is 4.20. The third-order valence-electron chi connectivity index (χ3n) is 2.37. The summed E-state index contributed by atoms with van der Waals surface area (Å²) in [6, 6.07) is 3.08. The fourth-order valence-electron chi connectivity index (χ4n) is 1.51. The first kappa shape index (κ1) is 16.3. The van der Waals surface area contributed by atoms with Gasteiger partial charge in [0.25, 0.3) is 0 Å². The Morgan fingerprint density at radius 2 is 2.21 bits per heavy atom. The Morgan fingerprint density at radius 3 is 2.79 bits per heavy atom. The van der Waals surface area contributed by atoms with E-state index in [4.69, 9.17) is 21.4 Å². The third kappa shape index (κ3) is 4.39. The van der Waals surface area contributed by atoms with E-state index in [0.29, 0.717) is 0 Å². The summed E-state index contributed by atoms with van der Waals surface area (Å²) in [6.45, 7) is -0.142. The fraction of sp³-hybridized carbons (Fsp3) is 0.455. The van der Waals surface area contributed by atoms with Crippen LogP contribution in [-0.2, 0) is 14.8 Å². The molecule has 0 aliphatic rings. The SMILES string of the molecule is COCC(CCO)NS(=O)(=O)c1cccc(Cl)c1F. The van der Waals surface area contributed by atoms with Gasteiger partial charge in [-0.1, -0.05) is 17.7 Å². The maximum Gasteiger partial charge on any atom is 0.243 e. The second-order valence-corrected chi connectivity index (χ2v) is 5.93. The van der Waals surface area contributed by atoms with Crippen molar-refractivity contribution in [3.05, 3.63) is 29.0 Å². The zero-order valence-electron chi connectivity index (χ0n) is 10.3. The van der Waals surface area contributed by atoms with Crippen molar-refractivity contribution in [2.75, 3.05) is 20.3 Å². The van der Waals surface area contributed by atoms with Crippen LogP contribution in [0.1, 0.15) is 6.42 Å². The van der Waals surface area contributed by atoms with Crippen molar-refractivity contribution in [1.82, 2.24) is 4.72 Å². The minimum atomic E-state index is -4.06. The number of rotatable bonds is 7. The molecule has 0 amide bonds. The lowest BCUT2D eigenvalue weighted by molar-refractivity contribution is 0.158. The number of aliphatic hydroxyl groups is 1. The second-order valence-electron chi connectivity index (χ2n) is 3.84. The predicted octanol–water partition coefficient (Wildman–Crippen LogP) is 1.15. The topological polar surface area (TPSA) is 75.6 Å². The molecule has 0 saturated heterocycles. The maximum atomic E-state index is 13.7. The van der Waals surface area contributed by atoms with Gasteiger partial charge in [-0.25, -0.2) is 17.5 Å². The first-order chi connectivity index (χ1) is 8.92. The van der Waals surface area contributed by atoms with Gasteiger partial charge in [-0.15, -0.1) is 0 Å². The number of hydrogen-bond acceptors (Lipinski definition) is 4. The number of hydrogen-bond donors (Lipinski definition) is 2. The van der Waals surface area contributed by atoms with Gasteiger partial charge in [0.15, 0.2) is 5.82 Å². The van der Waals surface area contributed by atoms with E-state index in [1.807, 2.05) is 0 Å². The summed E-state index contributed by atoms with van der Waals surface area (Å²) in [4.78, 5) is -0.529. The Morgan fingerprint density at radius 1 is 1.53 bits per heavy atom. The van der Waals surface area contributed by atoms with Crippen LogP contribution in [0.2, 0.25) is 5.02 Å². The van der Waals surface area contributed by atoms with Crippen molar-refractivity contribution in [3.63, 3.8) is 0 Å². The summed E-state index contributed by atoms with van der Waals surface area (Å²) in [7, 11) is -2.66. The number of halogens is 2. The first-order valence-electron chi connectivity index (χ1n) is 5.48. The molecule has 2 N–H and O–H groups in total. The summed E-state index contributed by atoms with van der Waals surface area (Å²) in [5.41, 5.74) is 0. The lowest BCUT2D eigenvalue weighted by atomic mass is 10.2. The van der Waals surface area contributed by atoms with Gasteiger partial charge in [0.1, 0.15) is 4.90 Å². The average Bonchev–Trinajstić information content (AvgIpc) is 2.32. The van der Waals surface area contributed by atoms with E-state index in [9.17, 15) is 12.8 Å². The van der Waals surface area contributed by atoms with Gasteiger partial charge >= 0.3 is 0 Å². The van der Waals surface area contributed by atoms with E-state index in [0.717, 1.165) is 6.07 Å². The quantitative estimate of drug-likeness (QED) is 0.792. The number of aliphatic hydroxyl groups excluding tert-OH is 1. The monoisotopic (exact) mass is 311 g/mol. The van der Waals surface area contributed by atoms with Gasteiger partial charge < -0.3 is 9.84 Å². The van der Waals surface area contributed by atoms with E-state index in [-0.39, 0.29) is 24.7 Å². The summed E-state index contributed by atoms with van der Waals surface area (Å²) in [5.74, 6) is -1.00. The van der Waals surface area contributed by atoms with Crippen LogP contribution in [0.25, 0.3) is 0 Å². The van der Waals surface area contributed by atoms with Crippen molar-refractivity contribution in [1.29, 1.82) is 0 Å². The Hall–Kier alpha value is -0.730. The molecule has 1 rings (SSSR count). The molecule has 8 heteroatoms.